The Morgan fingerprint density at radius 1 is 1.35 bits per heavy atom. The molecule has 1 aromatic carbocycles. The van der Waals surface area contributed by atoms with Gasteiger partial charge in [0.25, 0.3) is 0 Å². The Bertz CT molecular complexity index is 615. The number of aryl methyl sites for hydroxylation is 1. The first-order chi connectivity index (χ1) is 9.17. The highest BCUT2D eigenvalue weighted by Crippen LogP contribution is 2.30. The third-order valence-corrected chi connectivity index (χ3v) is 4.37. The van der Waals surface area contributed by atoms with Gasteiger partial charge >= 0.3 is 0 Å². The van der Waals surface area contributed by atoms with Gasteiger partial charge < -0.3 is 9.64 Å². The molecule has 1 aromatic heterocycles. The number of nitrogens with zero attached hydrogens (tertiary/aromatic N) is 2. The Kier molecular flexibility index (Phi) is 5.09. The summed E-state index contributed by atoms with van der Waals surface area (Å²) in [7, 11) is 1.80. The minimum atomic E-state index is 0. The second kappa shape index (κ2) is 6.45. The molecule has 3 rings (SSSR count). The Morgan fingerprint density at radius 3 is 2.85 bits per heavy atom. The first kappa shape index (κ1) is 15.8. The highest BCUT2D eigenvalue weighted by Gasteiger charge is 2.23. The van der Waals surface area contributed by atoms with Crippen molar-refractivity contribution in [3.05, 3.63) is 33.5 Å². The molecule has 0 unspecified atom stereocenters. The van der Waals surface area contributed by atoms with Crippen molar-refractivity contribution in [2.24, 2.45) is 0 Å². The van der Waals surface area contributed by atoms with Crippen LogP contribution in [0.5, 0.6) is 0 Å². The SMILES string of the molecule is CO[C@H]1CCN(c2cc(C)nc3cc(I)ccc23)C1.Cl. The zero-order valence-corrected chi connectivity index (χ0v) is 14.6. The van der Waals surface area contributed by atoms with Gasteiger partial charge in [-0.1, -0.05) is 0 Å². The predicted octanol–water partition coefficient (Wildman–Crippen LogP) is 3.79. The molecule has 0 saturated carbocycles. The maximum Gasteiger partial charge on any atom is 0.0762 e. The number of hydrogen-bond donors (Lipinski definition) is 0. The largest absolute Gasteiger partial charge is 0.380 e. The fourth-order valence-corrected chi connectivity index (χ4v) is 3.19. The number of halogens is 2. The van der Waals surface area contributed by atoms with Gasteiger partial charge in [0.2, 0.25) is 0 Å². The van der Waals surface area contributed by atoms with Gasteiger partial charge in [0.05, 0.1) is 11.6 Å². The lowest BCUT2D eigenvalue weighted by atomic mass is 10.1. The van der Waals surface area contributed by atoms with E-state index in [1.54, 1.807) is 7.11 Å². The van der Waals surface area contributed by atoms with E-state index in [1.165, 1.54) is 14.6 Å². The topological polar surface area (TPSA) is 25.4 Å². The van der Waals surface area contributed by atoms with Gasteiger partial charge in [-0.3, -0.25) is 4.98 Å². The van der Waals surface area contributed by atoms with E-state index in [-0.39, 0.29) is 12.4 Å². The second-order valence-electron chi connectivity index (χ2n) is 5.04. The van der Waals surface area contributed by atoms with Crippen molar-refractivity contribution in [1.29, 1.82) is 0 Å². The maximum absolute atomic E-state index is 5.47. The van der Waals surface area contributed by atoms with Crippen molar-refractivity contribution in [2.45, 2.75) is 19.4 Å². The summed E-state index contributed by atoms with van der Waals surface area (Å²) >= 11 is 2.34. The zero-order chi connectivity index (χ0) is 13.4. The first-order valence-electron chi connectivity index (χ1n) is 6.52. The fourth-order valence-electron chi connectivity index (χ4n) is 2.71. The van der Waals surface area contributed by atoms with E-state index in [0.29, 0.717) is 6.10 Å². The van der Waals surface area contributed by atoms with Gasteiger partial charge in [0.15, 0.2) is 0 Å². The summed E-state index contributed by atoms with van der Waals surface area (Å²) in [6.07, 6.45) is 1.45. The molecule has 2 aromatic rings. The molecule has 1 aliphatic rings. The van der Waals surface area contributed by atoms with Crippen molar-refractivity contribution in [3.63, 3.8) is 0 Å². The first-order valence-corrected chi connectivity index (χ1v) is 7.60. The van der Waals surface area contributed by atoms with Crippen LogP contribution in [0.25, 0.3) is 10.9 Å². The van der Waals surface area contributed by atoms with Crippen LogP contribution in [0.15, 0.2) is 24.3 Å². The van der Waals surface area contributed by atoms with Crippen molar-refractivity contribution in [1.82, 2.24) is 4.98 Å². The number of ether oxygens (including phenoxy) is 1. The highest BCUT2D eigenvalue weighted by atomic mass is 127. The molecule has 0 amide bonds. The lowest BCUT2D eigenvalue weighted by Crippen LogP contribution is -2.22. The van der Waals surface area contributed by atoms with Crippen LogP contribution >= 0.6 is 35.0 Å². The maximum atomic E-state index is 5.47. The lowest BCUT2D eigenvalue weighted by Gasteiger charge is -2.21. The number of methoxy groups -OCH3 is 1. The molecular weight excluding hydrogens is 387 g/mol. The minimum Gasteiger partial charge on any atom is -0.380 e. The molecule has 108 valence electrons. The van der Waals surface area contributed by atoms with Crippen LogP contribution in [-0.4, -0.2) is 31.3 Å². The number of rotatable bonds is 2. The van der Waals surface area contributed by atoms with Crippen LogP contribution in [-0.2, 0) is 4.74 Å². The number of hydrogen-bond acceptors (Lipinski definition) is 3. The number of aromatic nitrogens is 1. The van der Waals surface area contributed by atoms with E-state index < -0.39 is 0 Å². The van der Waals surface area contributed by atoms with Crippen LogP contribution in [0.3, 0.4) is 0 Å². The van der Waals surface area contributed by atoms with E-state index in [4.69, 9.17) is 4.74 Å². The number of anilines is 1. The van der Waals surface area contributed by atoms with Crippen LogP contribution in [0.1, 0.15) is 12.1 Å². The van der Waals surface area contributed by atoms with Gasteiger partial charge in [-0.15, -0.1) is 12.4 Å². The predicted molar refractivity (Wildman–Crippen MR) is 94.1 cm³/mol. The number of benzene rings is 1. The molecule has 0 radical (unpaired) electrons. The second-order valence-corrected chi connectivity index (χ2v) is 6.28. The summed E-state index contributed by atoms with van der Waals surface area (Å²) in [6, 6.07) is 8.66. The highest BCUT2D eigenvalue weighted by molar-refractivity contribution is 14.1. The van der Waals surface area contributed by atoms with Crippen molar-refractivity contribution in [3.8, 4) is 0 Å². The van der Waals surface area contributed by atoms with Crippen molar-refractivity contribution in [2.75, 3.05) is 25.1 Å². The fraction of sp³-hybridized carbons (Fsp3) is 0.400. The summed E-state index contributed by atoms with van der Waals surface area (Å²) in [5.41, 5.74) is 3.45. The van der Waals surface area contributed by atoms with Gasteiger partial charge in [-0.2, -0.15) is 0 Å². The third-order valence-electron chi connectivity index (χ3n) is 3.70. The summed E-state index contributed by atoms with van der Waals surface area (Å²) in [5, 5.41) is 1.24. The Morgan fingerprint density at radius 2 is 2.15 bits per heavy atom. The average Bonchev–Trinajstić information content (AvgIpc) is 2.85. The van der Waals surface area contributed by atoms with E-state index in [0.717, 1.165) is 30.7 Å². The molecule has 2 heterocycles. The average molecular weight is 405 g/mol. The Hall–Kier alpha value is -0.590. The normalized spacial score (nSPS) is 18.4. The minimum absolute atomic E-state index is 0. The standard InChI is InChI=1S/C15H17IN2O.ClH/c1-10-7-15(18-6-5-12(9-18)19-2)13-4-3-11(16)8-14(13)17-10;/h3-4,7-8,12H,5-6,9H2,1-2H3;1H/t12-;/m0./s1. The molecule has 3 nitrogen and oxygen atoms in total. The molecule has 0 N–H and O–H groups in total. The van der Waals surface area contributed by atoms with Crippen molar-refractivity contribution >= 4 is 51.6 Å². The Balaban J connectivity index is 0.00000147. The summed E-state index contributed by atoms with van der Waals surface area (Å²) < 4.78 is 6.69. The van der Waals surface area contributed by atoms with E-state index in [9.17, 15) is 0 Å². The van der Waals surface area contributed by atoms with Crippen LogP contribution in [0.2, 0.25) is 0 Å². The smallest absolute Gasteiger partial charge is 0.0762 e. The van der Waals surface area contributed by atoms with Gasteiger partial charge in [0, 0.05) is 40.5 Å². The third kappa shape index (κ3) is 3.02. The molecule has 0 spiro atoms. The van der Waals surface area contributed by atoms with E-state index in [2.05, 4.69) is 63.7 Å². The van der Waals surface area contributed by atoms with Gasteiger partial charge in [-0.05, 0) is 60.2 Å². The monoisotopic (exact) mass is 404 g/mol. The molecule has 1 saturated heterocycles. The summed E-state index contributed by atoms with van der Waals surface area (Å²) in [5.74, 6) is 0. The Labute approximate surface area is 139 Å². The molecule has 20 heavy (non-hydrogen) atoms. The van der Waals surface area contributed by atoms with Crippen LogP contribution in [0, 0.1) is 10.5 Å². The van der Waals surface area contributed by atoms with Gasteiger partial charge in [0.1, 0.15) is 0 Å². The molecule has 0 bridgehead atoms. The van der Waals surface area contributed by atoms with Crippen LogP contribution in [0.4, 0.5) is 5.69 Å². The number of pyridine rings is 1. The quantitative estimate of drug-likeness (QED) is 0.712. The van der Waals surface area contributed by atoms with Crippen LogP contribution < -0.4 is 4.90 Å². The van der Waals surface area contributed by atoms with E-state index in [1.807, 2.05) is 0 Å². The zero-order valence-electron chi connectivity index (χ0n) is 11.6. The van der Waals surface area contributed by atoms with E-state index >= 15 is 0 Å². The number of fused-ring (bicyclic) bond motifs is 1. The lowest BCUT2D eigenvalue weighted by molar-refractivity contribution is 0.121. The summed E-state index contributed by atoms with van der Waals surface area (Å²) in [6.45, 7) is 4.09. The summed E-state index contributed by atoms with van der Waals surface area (Å²) in [4.78, 5) is 7.06. The molecule has 5 heteroatoms. The molecule has 0 aliphatic carbocycles. The molecule has 1 aliphatic heterocycles. The molecule has 1 atom stereocenters. The molecule has 1 fully saturated rings. The van der Waals surface area contributed by atoms with Crippen molar-refractivity contribution < 1.29 is 4.74 Å². The molecular formula is C15H18ClIN2O. The van der Waals surface area contributed by atoms with Gasteiger partial charge in [-0.25, -0.2) is 0 Å².